The van der Waals surface area contributed by atoms with Gasteiger partial charge in [-0.3, -0.25) is 0 Å². The Kier molecular flexibility index (Phi) is 3.40. The second-order valence-electron chi connectivity index (χ2n) is 3.60. The second-order valence-corrected chi connectivity index (χ2v) is 4.45. The van der Waals surface area contributed by atoms with Gasteiger partial charge in [0.1, 0.15) is 11.9 Å². The Balaban J connectivity index is 2.32. The number of nitrogens with one attached hydrogen (secondary N) is 1. The fourth-order valence-corrected chi connectivity index (χ4v) is 1.70. The number of rotatable bonds is 2. The summed E-state index contributed by atoms with van der Waals surface area (Å²) in [4.78, 5) is 4.15. The van der Waals surface area contributed by atoms with E-state index in [9.17, 15) is 0 Å². The summed E-state index contributed by atoms with van der Waals surface area (Å²) in [6.45, 7) is 2.01. The van der Waals surface area contributed by atoms with Crippen molar-refractivity contribution in [1.29, 1.82) is 5.26 Å². The maximum atomic E-state index is 8.96. The highest BCUT2D eigenvalue weighted by Gasteiger charge is 2.03. The third-order valence-electron chi connectivity index (χ3n) is 2.35. The summed E-state index contributed by atoms with van der Waals surface area (Å²) in [5, 5.41) is 12.1. The highest BCUT2D eigenvalue weighted by atomic mass is 79.9. The second kappa shape index (κ2) is 4.98. The number of hydrogen-bond acceptors (Lipinski definition) is 3. The maximum Gasteiger partial charge on any atom is 0.148 e. The van der Waals surface area contributed by atoms with Crippen LogP contribution in [0.25, 0.3) is 0 Å². The minimum absolute atomic E-state index is 0.535. The highest BCUT2D eigenvalue weighted by Crippen LogP contribution is 2.23. The molecule has 3 nitrogen and oxygen atoms in total. The zero-order valence-corrected chi connectivity index (χ0v) is 10.8. The van der Waals surface area contributed by atoms with E-state index in [0.717, 1.165) is 15.7 Å². The lowest BCUT2D eigenvalue weighted by molar-refractivity contribution is 1.28. The largest absolute Gasteiger partial charge is 0.339 e. The van der Waals surface area contributed by atoms with Crippen LogP contribution in [0.5, 0.6) is 0 Å². The van der Waals surface area contributed by atoms with Gasteiger partial charge >= 0.3 is 0 Å². The lowest BCUT2D eigenvalue weighted by Crippen LogP contribution is -1.96. The predicted molar refractivity (Wildman–Crippen MR) is 71.1 cm³/mol. The zero-order chi connectivity index (χ0) is 12.3. The molecular formula is C13H10BrN3. The van der Waals surface area contributed by atoms with Crippen molar-refractivity contribution < 1.29 is 0 Å². The monoisotopic (exact) mass is 287 g/mol. The van der Waals surface area contributed by atoms with Crippen LogP contribution in [0.4, 0.5) is 11.5 Å². The lowest BCUT2D eigenvalue weighted by atomic mass is 10.2. The topological polar surface area (TPSA) is 48.7 Å². The van der Waals surface area contributed by atoms with Crippen LogP contribution >= 0.6 is 15.9 Å². The zero-order valence-electron chi connectivity index (χ0n) is 9.24. The minimum atomic E-state index is 0.535. The van der Waals surface area contributed by atoms with Gasteiger partial charge in [-0.1, -0.05) is 15.9 Å². The van der Waals surface area contributed by atoms with E-state index in [1.54, 1.807) is 18.3 Å². The van der Waals surface area contributed by atoms with Gasteiger partial charge in [0.05, 0.1) is 5.56 Å². The van der Waals surface area contributed by atoms with Gasteiger partial charge in [-0.15, -0.1) is 0 Å². The van der Waals surface area contributed by atoms with Crippen LogP contribution in [0.15, 0.2) is 41.0 Å². The number of nitrogens with zero attached hydrogens (tertiary/aromatic N) is 2. The van der Waals surface area contributed by atoms with Crippen LogP contribution in [0.2, 0.25) is 0 Å². The van der Waals surface area contributed by atoms with E-state index < -0.39 is 0 Å². The molecule has 0 unspecified atom stereocenters. The molecule has 1 aromatic heterocycles. The molecule has 0 aliphatic carbocycles. The van der Waals surface area contributed by atoms with Crippen molar-refractivity contribution >= 4 is 27.4 Å². The van der Waals surface area contributed by atoms with Crippen molar-refractivity contribution in [1.82, 2.24) is 4.98 Å². The van der Waals surface area contributed by atoms with Crippen LogP contribution in [-0.2, 0) is 0 Å². The first-order valence-electron chi connectivity index (χ1n) is 5.09. The van der Waals surface area contributed by atoms with Gasteiger partial charge in [0.15, 0.2) is 0 Å². The molecular weight excluding hydrogens is 278 g/mol. The Morgan fingerprint density at radius 3 is 2.88 bits per heavy atom. The van der Waals surface area contributed by atoms with E-state index in [-0.39, 0.29) is 0 Å². The molecule has 4 heteroatoms. The number of aromatic nitrogens is 1. The van der Waals surface area contributed by atoms with E-state index in [2.05, 4.69) is 32.3 Å². The van der Waals surface area contributed by atoms with Gasteiger partial charge < -0.3 is 5.32 Å². The van der Waals surface area contributed by atoms with Crippen molar-refractivity contribution in [2.75, 3.05) is 5.32 Å². The van der Waals surface area contributed by atoms with Crippen LogP contribution in [0, 0.1) is 18.3 Å². The predicted octanol–water partition coefficient (Wildman–Crippen LogP) is 3.77. The number of benzene rings is 1. The fraction of sp³-hybridized carbons (Fsp3) is 0.0769. The first-order chi connectivity index (χ1) is 8.20. The molecule has 0 spiro atoms. The quantitative estimate of drug-likeness (QED) is 0.915. The average Bonchev–Trinajstić information content (AvgIpc) is 2.34. The highest BCUT2D eigenvalue weighted by molar-refractivity contribution is 9.10. The Bertz CT molecular complexity index is 587. The molecule has 0 saturated heterocycles. The van der Waals surface area contributed by atoms with E-state index >= 15 is 0 Å². The third kappa shape index (κ3) is 2.63. The molecule has 1 aromatic carbocycles. The molecule has 0 saturated carbocycles. The molecule has 0 aliphatic heterocycles. The average molecular weight is 288 g/mol. The fourth-order valence-electron chi connectivity index (χ4n) is 1.45. The molecule has 0 amide bonds. The van der Waals surface area contributed by atoms with Crippen molar-refractivity contribution in [3.05, 3.63) is 52.1 Å². The van der Waals surface area contributed by atoms with E-state index in [0.29, 0.717) is 11.4 Å². The number of anilines is 2. The van der Waals surface area contributed by atoms with Gasteiger partial charge in [-0.25, -0.2) is 4.98 Å². The first kappa shape index (κ1) is 11.6. The lowest BCUT2D eigenvalue weighted by Gasteiger charge is -2.08. The first-order valence-corrected chi connectivity index (χ1v) is 5.88. The van der Waals surface area contributed by atoms with E-state index in [1.165, 1.54) is 0 Å². The molecule has 0 fully saturated rings. The summed E-state index contributed by atoms with van der Waals surface area (Å²) < 4.78 is 1.06. The van der Waals surface area contributed by atoms with Gasteiger partial charge in [0, 0.05) is 16.4 Å². The van der Waals surface area contributed by atoms with Crippen LogP contribution in [0.1, 0.15) is 11.1 Å². The molecule has 0 bridgehead atoms. The SMILES string of the molecule is Cc1cc(Nc2ncccc2C#N)ccc1Br. The van der Waals surface area contributed by atoms with Crippen molar-refractivity contribution in [3.8, 4) is 6.07 Å². The van der Waals surface area contributed by atoms with Crippen molar-refractivity contribution in [2.45, 2.75) is 6.92 Å². The molecule has 2 aromatic rings. The number of halogens is 1. The summed E-state index contributed by atoms with van der Waals surface area (Å²) in [5.41, 5.74) is 2.58. The minimum Gasteiger partial charge on any atom is -0.339 e. The summed E-state index contributed by atoms with van der Waals surface area (Å²) in [5.74, 6) is 0.580. The van der Waals surface area contributed by atoms with Gasteiger partial charge in [0.25, 0.3) is 0 Å². The summed E-state index contributed by atoms with van der Waals surface area (Å²) >= 11 is 3.45. The molecule has 17 heavy (non-hydrogen) atoms. The summed E-state index contributed by atoms with van der Waals surface area (Å²) in [6.07, 6.45) is 1.66. The number of pyridine rings is 1. The van der Waals surface area contributed by atoms with E-state index in [4.69, 9.17) is 5.26 Å². The van der Waals surface area contributed by atoms with Gasteiger partial charge in [-0.05, 0) is 42.8 Å². The Morgan fingerprint density at radius 1 is 1.35 bits per heavy atom. The molecule has 84 valence electrons. The Morgan fingerprint density at radius 2 is 2.18 bits per heavy atom. The Hall–Kier alpha value is -1.86. The van der Waals surface area contributed by atoms with Crippen molar-refractivity contribution in [2.24, 2.45) is 0 Å². The smallest absolute Gasteiger partial charge is 0.148 e. The molecule has 0 aliphatic rings. The van der Waals surface area contributed by atoms with Crippen LogP contribution in [-0.4, -0.2) is 4.98 Å². The van der Waals surface area contributed by atoms with E-state index in [1.807, 2.05) is 25.1 Å². The molecule has 2 rings (SSSR count). The molecule has 0 radical (unpaired) electrons. The number of aryl methyl sites for hydroxylation is 1. The van der Waals surface area contributed by atoms with Gasteiger partial charge in [-0.2, -0.15) is 5.26 Å². The van der Waals surface area contributed by atoms with Crippen LogP contribution < -0.4 is 5.32 Å². The number of hydrogen-bond donors (Lipinski definition) is 1. The molecule has 1 heterocycles. The third-order valence-corrected chi connectivity index (χ3v) is 3.24. The summed E-state index contributed by atoms with van der Waals surface area (Å²) in [6, 6.07) is 11.5. The number of nitriles is 1. The molecule has 1 N–H and O–H groups in total. The standard InChI is InChI=1S/C13H10BrN3/c1-9-7-11(4-5-12(9)14)17-13-10(8-15)3-2-6-16-13/h2-7H,1H3,(H,16,17). The molecule has 0 atom stereocenters. The maximum absolute atomic E-state index is 8.96. The van der Waals surface area contributed by atoms with Crippen molar-refractivity contribution in [3.63, 3.8) is 0 Å². The van der Waals surface area contributed by atoms with Gasteiger partial charge in [0.2, 0.25) is 0 Å². The van der Waals surface area contributed by atoms with Crippen LogP contribution in [0.3, 0.4) is 0 Å². The normalized spacial score (nSPS) is 9.71. The summed E-state index contributed by atoms with van der Waals surface area (Å²) in [7, 11) is 0. The Labute approximate surface area is 108 Å².